The van der Waals surface area contributed by atoms with E-state index in [0.717, 1.165) is 11.8 Å². The molecular formula is C9H19N. The maximum atomic E-state index is 2.44. The van der Waals surface area contributed by atoms with Gasteiger partial charge in [0.2, 0.25) is 0 Å². The molecule has 0 saturated carbocycles. The van der Waals surface area contributed by atoms with E-state index in [1.165, 1.54) is 25.9 Å². The zero-order chi connectivity index (χ0) is 7.56. The number of piperidine rings is 1. The predicted molar refractivity (Wildman–Crippen MR) is 45.1 cm³/mol. The van der Waals surface area contributed by atoms with Gasteiger partial charge in [0, 0.05) is 6.54 Å². The normalized spacial score (nSPS) is 36.3. The minimum atomic E-state index is 0.920. The lowest BCUT2D eigenvalue weighted by Gasteiger charge is -2.34. The monoisotopic (exact) mass is 141 g/mol. The van der Waals surface area contributed by atoms with Crippen LogP contribution in [0.25, 0.3) is 0 Å². The lowest BCUT2D eigenvalue weighted by molar-refractivity contribution is 0.152. The third kappa shape index (κ3) is 1.72. The fourth-order valence-electron chi connectivity index (χ4n) is 2.01. The van der Waals surface area contributed by atoms with Crippen LogP contribution in [0.2, 0.25) is 0 Å². The van der Waals surface area contributed by atoms with E-state index in [2.05, 4.69) is 25.8 Å². The highest BCUT2D eigenvalue weighted by molar-refractivity contribution is 4.74. The van der Waals surface area contributed by atoms with E-state index in [1.54, 1.807) is 0 Å². The highest BCUT2D eigenvalue weighted by atomic mass is 15.1. The van der Waals surface area contributed by atoms with E-state index in [-0.39, 0.29) is 0 Å². The molecule has 2 atom stereocenters. The Morgan fingerprint density at radius 2 is 2.20 bits per heavy atom. The maximum Gasteiger partial charge on any atom is 0.000662 e. The Morgan fingerprint density at radius 3 is 2.70 bits per heavy atom. The molecule has 1 heterocycles. The summed E-state index contributed by atoms with van der Waals surface area (Å²) in [5.74, 6) is 1.92. The highest BCUT2D eigenvalue weighted by Gasteiger charge is 2.21. The molecule has 1 aliphatic heterocycles. The van der Waals surface area contributed by atoms with Crippen LogP contribution in [0.1, 0.15) is 26.7 Å². The summed E-state index contributed by atoms with van der Waals surface area (Å²) < 4.78 is 0. The SMILES string of the molecule is CC[C@H]1CCN(C)C[C@H]1C. The number of nitrogens with zero attached hydrogens (tertiary/aromatic N) is 1. The first-order valence-electron chi connectivity index (χ1n) is 4.42. The molecule has 0 aliphatic carbocycles. The first-order chi connectivity index (χ1) is 4.74. The number of rotatable bonds is 1. The largest absolute Gasteiger partial charge is 0.306 e. The smallest absolute Gasteiger partial charge is 0.000662 e. The summed E-state index contributed by atoms with van der Waals surface area (Å²) in [4.78, 5) is 2.44. The molecule has 1 heteroatoms. The molecule has 0 aromatic heterocycles. The van der Waals surface area contributed by atoms with Gasteiger partial charge >= 0.3 is 0 Å². The molecule has 0 radical (unpaired) electrons. The van der Waals surface area contributed by atoms with Crippen molar-refractivity contribution in [1.82, 2.24) is 4.90 Å². The van der Waals surface area contributed by atoms with Crippen LogP contribution in [0.4, 0.5) is 0 Å². The van der Waals surface area contributed by atoms with E-state index < -0.39 is 0 Å². The Labute approximate surface area is 64.4 Å². The van der Waals surface area contributed by atoms with Crippen molar-refractivity contribution in [3.8, 4) is 0 Å². The lowest BCUT2D eigenvalue weighted by atomic mass is 9.85. The van der Waals surface area contributed by atoms with Crippen molar-refractivity contribution in [2.24, 2.45) is 11.8 Å². The quantitative estimate of drug-likeness (QED) is 0.540. The van der Waals surface area contributed by atoms with Crippen LogP contribution >= 0.6 is 0 Å². The molecule has 0 aromatic carbocycles. The van der Waals surface area contributed by atoms with Gasteiger partial charge in [-0.05, 0) is 31.8 Å². The molecule has 0 unspecified atom stereocenters. The predicted octanol–water partition coefficient (Wildman–Crippen LogP) is 1.98. The standard InChI is InChI=1S/C9H19N/c1-4-9-5-6-10(3)7-8(9)2/h8-9H,4-7H2,1-3H3/t8-,9+/m1/s1. The van der Waals surface area contributed by atoms with Gasteiger partial charge < -0.3 is 4.90 Å². The fourth-order valence-corrected chi connectivity index (χ4v) is 2.01. The van der Waals surface area contributed by atoms with Crippen LogP contribution < -0.4 is 0 Å². The molecule has 0 amide bonds. The summed E-state index contributed by atoms with van der Waals surface area (Å²) in [7, 11) is 2.22. The lowest BCUT2D eigenvalue weighted by Crippen LogP contribution is -2.36. The summed E-state index contributed by atoms with van der Waals surface area (Å²) >= 11 is 0. The minimum absolute atomic E-state index is 0.920. The summed E-state index contributed by atoms with van der Waals surface area (Å²) in [5, 5.41) is 0. The molecule has 10 heavy (non-hydrogen) atoms. The molecule has 1 fully saturated rings. The second kappa shape index (κ2) is 3.38. The average Bonchev–Trinajstić information content (AvgIpc) is 1.88. The van der Waals surface area contributed by atoms with Crippen molar-refractivity contribution in [2.75, 3.05) is 20.1 Å². The van der Waals surface area contributed by atoms with Gasteiger partial charge in [-0.3, -0.25) is 0 Å². The van der Waals surface area contributed by atoms with Gasteiger partial charge in [-0.1, -0.05) is 20.3 Å². The number of hydrogen-bond donors (Lipinski definition) is 0. The minimum Gasteiger partial charge on any atom is -0.306 e. The topological polar surface area (TPSA) is 3.24 Å². The summed E-state index contributed by atoms with van der Waals surface area (Å²) in [6, 6.07) is 0. The molecule has 1 saturated heterocycles. The molecule has 1 nitrogen and oxygen atoms in total. The van der Waals surface area contributed by atoms with Crippen molar-refractivity contribution in [3.63, 3.8) is 0 Å². The van der Waals surface area contributed by atoms with Crippen LogP contribution in [0, 0.1) is 11.8 Å². The van der Waals surface area contributed by atoms with Crippen LogP contribution in [0.5, 0.6) is 0 Å². The van der Waals surface area contributed by atoms with Crippen molar-refractivity contribution in [1.29, 1.82) is 0 Å². The van der Waals surface area contributed by atoms with Crippen LogP contribution in [-0.2, 0) is 0 Å². The molecule has 0 bridgehead atoms. The van der Waals surface area contributed by atoms with E-state index >= 15 is 0 Å². The van der Waals surface area contributed by atoms with Crippen LogP contribution in [0.15, 0.2) is 0 Å². The molecule has 0 aromatic rings. The maximum absolute atomic E-state index is 2.44. The summed E-state index contributed by atoms with van der Waals surface area (Å²) in [6.45, 7) is 7.30. The first kappa shape index (κ1) is 8.06. The highest BCUT2D eigenvalue weighted by Crippen LogP contribution is 2.24. The number of likely N-dealkylation sites (tertiary alicyclic amines) is 1. The zero-order valence-electron chi connectivity index (χ0n) is 7.43. The van der Waals surface area contributed by atoms with E-state index in [4.69, 9.17) is 0 Å². The zero-order valence-corrected chi connectivity index (χ0v) is 7.43. The second-order valence-corrected chi connectivity index (χ2v) is 3.70. The Bertz CT molecular complexity index is 101. The van der Waals surface area contributed by atoms with Gasteiger partial charge in [-0.2, -0.15) is 0 Å². The summed E-state index contributed by atoms with van der Waals surface area (Å²) in [5.41, 5.74) is 0. The third-order valence-corrected chi connectivity index (χ3v) is 2.81. The Balaban J connectivity index is 2.36. The number of hydrogen-bond acceptors (Lipinski definition) is 1. The van der Waals surface area contributed by atoms with Crippen LogP contribution in [-0.4, -0.2) is 25.0 Å². The van der Waals surface area contributed by atoms with Crippen LogP contribution in [0.3, 0.4) is 0 Å². The molecule has 1 aliphatic rings. The van der Waals surface area contributed by atoms with Gasteiger partial charge in [-0.25, -0.2) is 0 Å². The van der Waals surface area contributed by atoms with Crippen molar-refractivity contribution >= 4 is 0 Å². The Hall–Kier alpha value is -0.0400. The molecule has 60 valence electrons. The third-order valence-electron chi connectivity index (χ3n) is 2.81. The van der Waals surface area contributed by atoms with E-state index in [1.807, 2.05) is 0 Å². The van der Waals surface area contributed by atoms with Gasteiger partial charge in [-0.15, -0.1) is 0 Å². The Kier molecular flexibility index (Phi) is 2.72. The molecule has 0 N–H and O–H groups in total. The average molecular weight is 141 g/mol. The Morgan fingerprint density at radius 1 is 1.50 bits per heavy atom. The molecular weight excluding hydrogens is 122 g/mol. The fraction of sp³-hybridized carbons (Fsp3) is 1.00. The van der Waals surface area contributed by atoms with Gasteiger partial charge in [0.1, 0.15) is 0 Å². The molecule has 0 spiro atoms. The van der Waals surface area contributed by atoms with Gasteiger partial charge in [0.05, 0.1) is 0 Å². The van der Waals surface area contributed by atoms with Gasteiger partial charge in [0.25, 0.3) is 0 Å². The summed E-state index contributed by atoms with van der Waals surface area (Å²) in [6.07, 6.45) is 2.78. The molecule has 1 rings (SSSR count). The van der Waals surface area contributed by atoms with Crippen molar-refractivity contribution in [2.45, 2.75) is 26.7 Å². The van der Waals surface area contributed by atoms with Gasteiger partial charge in [0.15, 0.2) is 0 Å². The first-order valence-corrected chi connectivity index (χ1v) is 4.42. The van der Waals surface area contributed by atoms with E-state index in [0.29, 0.717) is 0 Å². The van der Waals surface area contributed by atoms with E-state index in [9.17, 15) is 0 Å². The second-order valence-electron chi connectivity index (χ2n) is 3.70. The van der Waals surface area contributed by atoms with Crippen molar-refractivity contribution < 1.29 is 0 Å². The van der Waals surface area contributed by atoms with Crippen molar-refractivity contribution in [3.05, 3.63) is 0 Å².